The van der Waals surface area contributed by atoms with Crippen molar-refractivity contribution in [1.29, 1.82) is 0 Å². The molecule has 0 unspecified atom stereocenters. The Labute approximate surface area is 64.8 Å². The van der Waals surface area contributed by atoms with E-state index in [0.717, 1.165) is 11.3 Å². The van der Waals surface area contributed by atoms with Crippen LogP contribution in [0.4, 0.5) is 0 Å². The monoisotopic (exact) mass is 156 g/mol. The third-order valence-electron chi connectivity index (χ3n) is 1.28. The van der Waals surface area contributed by atoms with Gasteiger partial charge >= 0.3 is 7.12 Å². The third-order valence-corrected chi connectivity index (χ3v) is 2.28. The molecule has 0 amide bonds. The summed E-state index contributed by atoms with van der Waals surface area (Å²) in [6.07, 6.45) is 3.84. The highest BCUT2D eigenvalue weighted by atomic mass is 32.2. The average molecular weight is 156 g/mol. The fraction of sp³-hybridized carbons (Fsp3) is 0.333. The van der Waals surface area contributed by atoms with Crippen LogP contribution in [0.1, 0.15) is 6.92 Å². The summed E-state index contributed by atoms with van der Waals surface area (Å²) in [6.45, 7) is 1.95. The van der Waals surface area contributed by atoms with Crippen molar-refractivity contribution in [3.63, 3.8) is 0 Å². The number of hydrogen-bond acceptors (Lipinski definition) is 3. The molecule has 0 fully saturated rings. The molecule has 0 saturated heterocycles. The van der Waals surface area contributed by atoms with E-state index in [1.165, 1.54) is 11.8 Å². The summed E-state index contributed by atoms with van der Waals surface area (Å²) in [7, 11) is -1.30. The highest BCUT2D eigenvalue weighted by Crippen LogP contribution is 2.23. The number of allylic oxidation sites excluding steroid dienone is 2. The predicted octanol–water partition coefficient (Wildman–Crippen LogP) is 0.575. The van der Waals surface area contributed by atoms with E-state index in [1.54, 1.807) is 6.08 Å². The van der Waals surface area contributed by atoms with Gasteiger partial charge in [0.1, 0.15) is 0 Å². The van der Waals surface area contributed by atoms with Crippen LogP contribution in [-0.2, 0) is 0 Å². The molecule has 0 aromatic rings. The minimum Gasteiger partial charge on any atom is -0.423 e. The van der Waals surface area contributed by atoms with Crippen molar-refractivity contribution >= 4 is 18.9 Å². The molecule has 0 aromatic heterocycles. The molecule has 0 saturated carbocycles. The zero-order chi connectivity index (χ0) is 7.56. The lowest BCUT2D eigenvalue weighted by Gasteiger charge is -2.08. The van der Waals surface area contributed by atoms with Gasteiger partial charge in [-0.05, 0) is 6.92 Å². The number of rotatable bonds is 1. The van der Waals surface area contributed by atoms with Crippen LogP contribution in [-0.4, -0.2) is 22.9 Å². The smallest absolute Gasteiger partial charge is 0.423 e. The van der Waals surface area contributed by atoms with E-state index in [2.05, 4.69) is 6.08 Å². The van der Waals surface area contributed by atoms with Gasteiger partial charge in [0.2, 0.25) is 0 Å². The molecular weight excluding hydrogens is 147 g/mol. The lowest BCUT2D eigenvalue weighted by molar-refractivity contribution is 0.422. The molecule has 1 aliphatic heterocycles. The molecule has 1 aliphatic rings. The van der Waals surface area contributed by atoms with Crippen LogP contribution in [0.25, 0.3) is 0 Å². The normalized spacial score (nSPS) is 17.9. The van der Waals surface area contributed by atoms with Crippen molar-refractivity contribution in [2.24, 2.45) is 0 Å². The predicted molar refractivity (Wildman–Crippen MR) is 44.5 cm³/mol. The third kappa shape index (κ3) is 1.90. The highest BCUT2D eigenvalue weighted by Gasteiger charge is 2.16. The van der Waals surface area contributed by atoms with Crippen LogP contribution in [0.15, 0.2) is 22.5 Å². The van der Waals surface area contributed by atoms with Crippen molar-refractivity contribution in [2.45, 2.75) is 6.92 Å². The van der Waals surface area contributed by atoms with Crippen molar-refractivity contribution in [2.75, 3.05) is 5.75 Å². The van der Waals surface area contributed by atoms with Crippen LogP contribution < -0.4 is 0 Å². The summed E-state index contributed by atoms with van der Waals surface area (Å²) in [4.78, 5) is 0.639. The zero-order valence-corrected chi connectivity index (χ0v) is 6.56. The molecule has 2 N–H and O–H groups in total. The van der Waals surface area contributed by atoms with Gasteiger partial charge in [0.15, 0.2) is 0 Å². The maximum absolute atomic E-state index is 8.73. The van der Waals surface area contributed by atoms with Crippen LogP contribution in [0, 0.1) is 0 Å². The van der Waals surface area contributed by atoms with E-state index < -0.39 is 7.12 Å². The van der Waals surface area contributed by atoms with Gasteiger partial charge in [-0.15, -0.1) is 11.8 Å². The fourth-order valence-corrected chi connectivity index (χ4v) is 1.70. The summed E-state index contributed by atoms with van der Waals surface area (Å²) >= 11 is 1.46. The Morgan fingerprint density at radius 3 is 2.70 bits per heavy atom. The first-order valence-corrected chi connectivity index (χ1v) is 4.06. The van der Waals surface area contributed by atoms with Gasteiger partial charge < -0.3 is 10.0 Å². The quantitative estimate of drug-likeness (QED) is 0.545. The number of thioether (sulfide) groups is 1. The van der Waals surface area contributed by atoms with Gasteiger partial charge in [-0.2, -0.15) is 0 Å². The minimum atomic E-state index is -1.30. The van der Waals surface area contributed by atoms with Gasteiger partial charge in [-0.1, -0.05) is 17.7 Å². The minimum absolute atomic E-state index is 0.639. The molecule has 1 heterocycles. The van der Waals surface area contributed by atoms with Gasteiger partial charge in [0.25, 0.3) is 0 Å². The summed E-state index contributed by atoms with van der Waals surface area (Å²) in [5.41, 5.74) is 1.10. The Morgan fingerprint density at radius 1 is 1.60 bits per heavy atom. The lowest BCUT2D eigenvalue weighted by atomic mass is 9.90. The standard InChI is InChI=1S/C6H9BO2S/c1-5-2-3-10-6(4-5)7(8)9/h2,4,8-9H,3H2,1H3. The molecule has 0 aromatic carbocycles. The second kappa shape index (κ2) is 3.28. The molecule has 1 rings (SSSR count). The van der Waals surface area contributed by atoms with Gasteiger partial charge in [-0.3, -0.25) is 0 Å². The first-order chi connectivity index (χ1) is 4.70. The summed E-state index contributed by atoms with van der Waals surface area (Å²) in [5.74, 6) is 0.843. The van der Waals surface area contributed by atoms with E-state index in [9.17, 15) is 0 Å². The first kappa shape index (κ1) is 7.92. The van der Waals surface area contributed by atoms with E-state index in [-0.39, 0.29) is 0 Å². The van der Waals surface area contributed by atoms with Crippen LogP contribution in [0.2, 0.25) is 0 Å². The van der Waals surface area contributed by atoms with E-state index in [0.29, 0.717) is 4.80 Å². The maximum atomic E-state index is 8.73. The molecule has 10 heavy (non-hydrogen) atoms. The second-order valence-electron chi connectivity index (χ2n) is 2.18. The lowest BCUT2D eigenvalue weighted by Crippen LogP contribution is -2.14. The Balaban J connectivity index is 2.69. The van der Waals surface area contributed by atoms with Crippen molar-refractivity contribution < 1.29 is 10.0 Å². The molecule has 0 aliphatic carbocycles. The SMILES string of the molecule is CC1=CCSC(B(O)O)=C1. The Hall–Kier alpha value is -0.185. The van der Waals surface area contributed by atoms with E-state index in [4.69, 9.17) is 10.0 Å². The summed E-state index contributed by atoms with van der Waals surface area (Å²) in [5, 5.41) is 17.5. The first-order valence-electron chi connectivity index (χ1n) is 3.07. The Kier molecular flexibility index (Phi) is 2.60. The molecule has 0 radical (unpaired) electrons. The van der Waals surface area contributed by atoms with E-state index >= 15 is 0 Å². The van der Waals surface area contributed by atoms with Gasteiger partial charge in [-0.25, -0.2) is 0 Å². The number of hydrogen-bond donors (Lipinski definition) is 2. The van der Waals surface area contributed by atoms with Gasteiger partial charge in [0.05, 0.1) is 0 Å². The molecule has 0 bridgehead atoms. The Bertz CT molecular complexity index is 186. The molecular formula is C6H9BO2S. The summed E-state index contributed by atoms with van der Waals surface area (Å²) < 4.78 is 0. The fourth-order valence-electron chi connectivity index (χ4n) is 0.743. The van der Waals surface area contributed by atoms with Crippen molar-refractivity contribution in [1.82, 2.24) is 0 Å². The zero-order valence-electron chi connectivity index (χ0n) is 5.74. The van der Waals surface area contributed by atoms with Crippen LogP contribution in [0.3, 0.4) is 0 Å². The molecule has 54 valence electrons. The molecule has 0 atom stereocenters. The highest BCUT2D eigenvalue weighted by molar-refractivity contribution is 8.05. The van der Waals surface area contributed by atoms with Crippen molar-refractivity contribution in [3.8, 4) is 0 Å². The second-order valence-corrected chi connectivity index (χ2v) is 3.27. The maximum Gasteiger partial charge on any atom is 0.495 e. The topological polar surface area (TPSA) is 40.5 Å². The van der Waals surface area contributed by atoms with Crippen molar-refractivity contribution in [3.05, 3.63) is 22.5 Å². The van der Waals surface area contributed by atoms with E-state index in [1.807, 2.05) is 6.92 Å². The summed E-state index contributed by atoms with van der Waals surface area (Å²) in [6, 6.07) is 0. The van der Waals surface area contributed by atoms with Gasteiger partial charge in [0, 0.05) is 10.6 Å². The van der Waals surface area contributed by atoms with Crippen LogP contribution in [0.5, 0.6) is 0 Å². The molecule has 4 heteroatoms. The molecule has 0 spiro atoms. The Morgan fingerprint density at radius 2 is 2.30 bits per heavy atom. The molecule has 2 nitrogen and oxygen atoms in total. The largest absolute Gasteiger partial charge is 0.495 e. The van der Waals surface area contributed by atoms with Crippen LogP contribution >= 0.6 is 11.8 Å². The average Bonchev–Trinajstić information content (AvgIpc) is 1.88.